The number of hydrogen-bond donors (Lipinski definition) is 4. The number of ether oxygens (including phenoxy) is 2. The van der Waals surface area contributed by atoms with Crippen molar-refractivity contribution in [1.29, 1.82) is 0 Å². The van der Waals surface area contributed by atoms with E-state index >= 15 is 0 Å². The van der Waals surface area contributed by atoms with Crippen molar-refractivity contribution >= 4 is 53.5 Å². The van der Waals surface area contributed by atoms with E-state index in [4.69, 9.17) is 20.2 Å². The molecule has 0 saturated carbocycles. The normalized spacial score (nSPS) is 17.6. The number of carbonyl (C=O) groups is 4. The van der Waals surface area contributed by atoms with Crippen LogP contribution in [0.1, 0.15) is 96.0 Å². The third-order valence-corrected chi connectivity index (χ3v) is 17.2. The summed E-state index contributed by atoms with van der Waals surface area (Å²) in [6, 6.07) is 28.4. The number of piperazine rings is 2. The van der Waals surface area contributed by atoms with Crippen LogP contribution in [0.4, 0.5) is 18.4 Å². The van der Waals surface area contributed by atoms with Gasteiger partial charge in [-0.1, -0.05) is 54.6 Å². The van der Waals surface area contributed by atoms with Crippen molar-refractivity contribution in [3.05, 3.63) is 155 Å². The topological polar surface area (TPSA) is 249 Å². The molecule has 0 unspecified atom stereocenters. The van der Waals surface area contributed by atoms with E-state index in [1.807, 2.05) is 43.3 Å². The molecule has 2 saturated heterocycles. The number of benzene rings is 5. The van der Waals surface area contributed by atoms with Crippen molar-refractivity contribution in [2.75, 3.05) is 39.3 Å². The van der Waals surface area contributed by atoms with E-state index in [1.54, 1.807) is 77.6 Å². The lowest BCUT2D eigenvalue weighted by Gasteiger charge is -2.45. The Morgan fingerprint density at radius 3 is 1.42 bits per heavy atom. The molecule has 0 bridgehead atoms. The van der Waals surface area contributed by atoms with E-state index < -0.39 is 90.2 Å². The second-order valence-corrected chi connectivity index (χ2v) is 28.5. The van der Waals surface area contributed by atoms with Crippen molar-refractivity contribution in [1.82, 2.24) is 19.0 Å². The standard InChI is InChI=1S/C28H37FN2O7S.C28H37FN2O5.C7H7ClO2S/c1-18-7-6-8-24(11-18)39(36,37)30-9-10-31(27(35)38-28(3,4)5)25(17-30)26(34)21(12-19(2)32)13-20-14-22(29)16-23(33)15-20;1-19(32)12-22(13-21-14-23(29)16-24(33)15-21)26(34)25-18-30(17-20-8-6-5-7-9-20)10-11-31(25)27(35)36-28(2,3)4;1-6-3-2-4-7(5-6)11(8,9)10/h6-8,11,14-16,21,25-26,33-34H,9-10,12-13,17H2,1-5H3;5-9,14-16,22,25-26,33-34H,10-13,17-18H2,1-4H3;2-5H,1H3/t21-,25+,26-;22-,25+,26-;/m00./s1. The Morgan fingerprint density at radius 2 is 1.01 bits per heavy atom. The minimum absolute atomic E-state index is 0.00928. The van der Waals surface area contributed by atoms with E-state index in [-0.39, 0.29) is 78.2 Å². The Labute approximate surface area is 508 Å². The first kappa shape index (κ1) is 70.2. The molecular formula is C63H81ClF2N4O14S2. The van der Waals surface area contributed by atoms with Crippen LogP contribution in [-0.4, -0.2) is 155 Å². The van der Waals surface area contributed by atoms with Crippen LogP contribution in [0.5, 0.6) is 11.5 Å². The monoisotopic (exact) mass is 1250 g/mol. The number of phenolic OH excluding ortho intramolecular Hbond substituents is 2. The van der Waals surface area contributed by atoms with Gasteiger partial charge in [-0.15, -0.1) is 0 Å². The summed E-state index contributed by atoms with van der Waals surface area (Å²) in [5.41, 5.74) is 2.04. The molecule has 4 N–H and O–H groups in total. The lowest BCUT2D eigenvalue weighted by molar-refractivity contribution is -0.120. The highest BCUT2D eigenvalue weighted by Gasteiger charge is 2.44. The largest absolute Gasteiger partial charge is 0.508 e. The highest BCUT2D eigenvalue weighted by atomic mass is 35.7. The Hall–Kier alpha value is -6.53. The molecule has 86 heavy (non-hydrogen) atoms. The number of ketones is 2. The smallest absolute Gasteiger partial charge is 0.410 e. The summed E-state index contributed by atoms with van der Waals surface area (Å²) >= 11 is 0. The predicted molar refractivity (Wildman–Crippen MR) is 322 cm³/mol. The lowest BCUT2D eigenvalue weighted by Crippen LogP contribution is -2.62. The average Bonchev–Trinajstić information content (AvgIpc) is 1.22. The fraction of sp³-hybridized carbons (Fsp3) is 0.460. The fourth-order valence-electron chi connectivity index (χ4n) is 10.3. The Kier molecular flexibility index (Phi) is 24.8. The predicted octanol–water partition coefficient (Wildman–Crippen LogP) is 9.72. The highest BCUT2D eigenvalue weighted by Crippen LogP contribution is 2.32. The third kappa shape index (κ3) is 22.0. The van der Waals surface area contributed by atoms with Crippen LogP contribution in [0.2, 0.25) is 0 Å². The number of carbonyl (C=O) groups excluding carboxylic acids is 4. The van der Waals surface area contributed by atoms with Crippen molar-refractivity contribution < 1.29 is 74.7 Å². The molecule has 470 valence electrons. The third-order valence-electron chi connectivity index (χ3n) is 14.0. The van der Waals surface area contributed by atoms with Gasteiger partial charge in [-0.25, -0.2) is 35.2 Å². The molecule has 7 rings (SSSR count). The number of rotatable bonds is 17. The van der Waals surface area contributed by atoms with Gasteiger partial charge in [0, 0.05) is 81.5 Å². The first-order chi connectivity index (χ1) is 40.0. The molecule has 2 heterocycles. The van der Waals surface area contributed by atoms with Gasteiger partial charge in [-0.05, 0) is 170 Å². The maximum Gasteiger partial charge on any atom is 0.410 e. The minimum Gasteiger partial charge on any atom is -0.508 e. The number of hydrogen-bond acceptors (Lipinski definition) is 15. The molecule has 2 aliphatic rings. The summed E-state index contributed by atoms with van der Waals surface area (Å²) < 4.78 is 88.8. The number of aliphatic hydroxyl groups excluding tert-OH is 2. The molecule has 0 spiro atoms. The SMILES string of the molecule is CC(=O)C[C@@H](Cc1cc(O)cc(F)c1)[C@H](O)[C@H]1CN(Cc2ccccc2)CCN1C(=O)OC(C)(C)C.CC(=O)C[C@@H](Cc1cc(O)cc(F)c1)[C@H](O)[C@H]1CN(S(=O)(=O)c2cccc(C)c2)CCN1C(=O)OC(C)(C)C.Cc1cccc(S(=O)(=O)Cl)c1. The molecule has 2 fully saturated rings. The highest BCUT2D eigenvalue weighted by molar-refractivity contribution is 8.13. The fourth-order valence-corrected chi connectivity index (χ4v) is 12.7. The molecule has 0 radical (unpaired) electrons. The zero-order chi connectivity index (χ0) is 64.1. The van der Waals surface area contributed by atoms with Gasteiger partial charge in [-0.2, -0.15) is 4.31 Å². The van der Waals surface area contributed by atoms with E-state index in [1.165, 1.54) is 65.5 Å². The van der Waals surface area contributed by atoms with Crippen molar-refractivity contribution in [2.45, 2.75) is 147 Å². The van der Waals surface area contributed by atoms with E-state index in [0.717, 1.165) is 28.8 Å². The summed E-state index contributed by atoms with van der Waals surface area (Å²) in [5.74, 6) is -3.56. The van der Waals surface area contributed by atoms with Crippen LogP contribution >= 0.6 is 10.7 Å². The Morgan fingerprint density at radius 1 is 0.581 bits per heavy atom. The summed E-state index contributed by atoms with van der Waals surface area (Å²) in [7, 11) is -2.41. The Balaban J connectivity index is 0.000000267. The van der Waals surface area contributed by atoms with Gasteiger partial charge < -0.3 is 44.4 Å². The quantitative estimate of drug-likeness (QED) is 0.0633. The number of aryl methyl sites for hydroxylation is 2. The molecule has 23 heteroatoms. The molecule has 6 atom stereocenters. The van der Waals surface area contributed by atoms with Crippen LogP contribution < -0.4 is 0 Å². The number of amides is 2. The van der Waals surface area contributed by atoms with E-state index in [2.05, 4.69) is 4.90 Å². The number of aromatic hydroxyl groups is 2. The summed E-state index contributed by atoms with van der Waals surface area (Å²) in [6.45, 7) is 18.5. The van der Waals surface area contributed by atoms with E-state index in [9.17, 15) is 65.2 Å². The van der Waals surface area contributed by atoms with Crippen LogP contribution in [0.25, 0.3) is 0 Å². The molecule has 2 aliphatic heterocycles. The maximum absolute atomic E-state index is 14.0. The van der Waals surface area contributed by atoms with Crippen molar-refractivity contribution in [3.8, 4) is 11.5 Å². The van der Waals surface area contributed by atoms with Crippen LogP contribution in [0.15, 0.2) is 125 Å². The van der Waals surface area contributed by atoms with Gasteiger partial charge in [0.15, 0.2) is 0 Å². The first-order valence-corrected chi connectivity index (χ1v) is 31.9. The van der Waals surface area contributed by atoms with Gasteiger partial charge in [0.1, 0.15) is 45.9 Å². The van der Waals surface area contributed by atoms with Crippen LogP contribution in [0.3, 0.4) is 0 Å². The van der Waals surface area contributed by atoms with Gasteiger partial charge in [-0.3, -0.25) is 9.80 Å². The molecule has 5 aromatic carbocycles. The number of phenols is 2. The summed E-state index contributed by atoms with van der Waals surface area (Å²) in [5, 5.41) is 42.9. The van der Waals surface area contributed by atoms with E-state index in [0.29, 0.717) is 37.3 Å². The second-order valence-electron chi connectivity index (χ2n) is 24.0. The van der Waals surface area contributed by atoms with Gasteiger partial charge in [0.25, 0.3) is 9.05 Å². The maximum atomic E-state index is 14.0. The lowest BCUT2D eigenvalue weighted by atomic mass is 9.85. The molecule has 2 amide bonds. The van der Waals surface area contributed by atoms with Crippen LogP contribution in [-0.2, 0) is 57.5 Å². The number of sulfonamides is 1. The zero-order valence-electron chi connectivity index (χ0n) is 50.3. The minimum atomic E-state index is -3.96. The second kappa shape index (κ2) is 30.4. The molecular weight excluding hydrogens is 1170 g/mol. The van der Waals surface area contributed by atoms with Crippen molar-refractivity contribution in [2.24, 2.45) is 11.8 Å². The van der Waals surface area contributed by atoms with Gasteiger partial charge >= 0.3 is 12.2 Å². The number of Topliss-reactive ketones (excluding diaryl/α,β-unsaturated/α-hetero) is 2. The Bertz CT molecular complexity index is 3320. The number of nitrogens with zero attached hydrogens (tertiary/aromatic N) is 4. The molecule has 18 nitrogen and oxygen atoms in total. The first-order valence-electron chi connectivity index (χ1n) is 28.1. The summed E-state index contributed by atoms with van der Waals surface area (Å²) in [4.78, 5) is 55.8. The molecule has 5 aromatic rings. The van der Waals surface area contributed by atoms with Gasteiger partial charge in [0.2, 0.25) is 10.0 Å². The molecule has 0 aromatic heterocycles. The molecule has 0 aliphatic carbocycles. The average molecular weight is 1260 g/mol. The van der Waals surface area contributed by atoms with Crippen molar-refractivity contribution in [3.63, 3.8) is 0 Å². The van der Waals surface area contributed by atoms with Gasteiger partial charge in [0.05, 0.1) is 34.1 Å². The number of aliphatic hydroxyl groups is 2. The summed E-state index contributed by atoms with van der Waals surface area (Å²) in [6.07, 6.45) is -3.57. The number of halogens is 3. The van der Waals surface area contributed by atoms with Crippen LogP contribution in [0, 0.1) is 37.3 Å². The zero-order valence-corrected chi connectivity index (χ0v) is 52.7.